The van der Waals surface area contributed by atoms with Crippen molar-refractivity contribution in [2.24, 2.45) is 0 Å². The van der Waals surface area contributed by atoms with Crippen LogP contribution in [0, 0.1) is 20.8 Å². The first-order valence-corrected chi connectivity index (χ1v) is 8.11. The number of aromatic nitrogens is 1. The molecule has 0 bridgehead atoms. The molecule has 0 radical (unpaired) electrons. The van der Waals surface area contributed by atoms with E-state index in [-0.39, 0.29) is 5.91 Å². The maximum absolute atomic E-state index is 12.6. The minimum Gasteiger partial charge on any atom is -0.439 e. The SMILES string of the molecule is Cc1cc(C)c(NC(=O)c2cccc(Oc3ccccn3)c2)c(C)c1. The predicted octanol–water partition coefficient (Wildman–Crippen LogP) is 5.05. The Balaban J connectivity index is 1.80. The highest BCUT2D eigenvalue weighted by atomic mass is 16.5. The van der Waals surface area contributed by atoms with E-state index in [2.05, 4.69) is 22.4 Å². The van der Waals surface area contributed by atoms with E-state index < -0.39 is 0 Å². The van der Waals surface area contributed by atoms with Gasteiger partial charge in [0.15, 0.2) is 0 Å². The predicted molar refractivity (Wildman–Crippen MR) is 99.4 cm³/mol. The van der Waals surface area contributed by atoms with Crippen LogP contribution in [-0.2, 0) is 0 Å². The molecular weight excluding hydrogens is 312 g/mol. The molecule has 4 heteroatoms. The van der Waals surface area contributed by atoms with Gasteiger partial charge in [0.2, 0.25) is 5.88 Å². The Kier molecular flexibility index (Phi) is 4.80. The van der Waals surface area contributed by atoms with E-state index in [0.29, 0.717) is 17.2 Å². The molecule has 0 fully saturated rings. The van der Waals surface area contributed by atoms with Crippen LogP contribution in [0.1, 0.15) is 27.0 Å². The van der Waals surface area contributed by atoms with Gasteiger partial charge in [0.1, 0.15) is 5.75 Å². The molecule has 0 saturated heterocycles. The normalized spacial score (nSPS) is 10.4. The molecule has 0 spiro atoms. The van der Waals surface area contributed by atoms with Crippen LogP contribution >= 0.6 is 0 Å². The largest absolute Gasteiger partial charge is 0.439 e. The minimum atomic E-state index is -0.165. The Labute approximate surface area is 147 Å². The zero-order chi connectivity index (χ0) is 17.8. The van der Waals surface area contributed by atoms with Gasteiger partial charge in [-0.3, -0.25) is 4.79 Å². The van der Waals surface area contributed by atoms with Crippen molar-refractivity contribution in [1.82, 2.24) is 4.98 Å². The van der Waals surface area contributed by atoms with Crippen LogP contribution in [0.4, 0.5) is 5.69 Å². The number of carbonyl (C=O) groups excluding carboxylic acids is 1. The van der Waals surface area contributed by atoms with E-state index in [1.807, 2.05) is 32.9 Å². The van der Waals surface area contributed by atoms with Crippen LogP contribution in [0.3, 0.4) is 0 Å². The lowest BCUT2D eigenvalue weighted by atomic mass is 10.0. The van der Waals surface area contributed by atoms with Gasteiger partial charge in [0.25, 0.3) is 5.91 Å². The molecule has 0 aliphatic rings. The van der Waals surface area contributed by atoms with Crippen molar-refractivity contribution in [2.75, 3.05) is 5.32 Å². The quantitative estimate of drug-likeness (QED) is 0.727. The molecule has 1 heterocycles. The van der Waals surface area contributed by atoms with E-state index in [9.17, 15) is 4.79 Å². The van der Waals surface area contributed by atoms with Gasteiger partial charge in [-0.05, 0) is 56.2 Å². The smallest absolute Gasteiger partial charge is 0.255 e. The Bertz CT molecular complexity index is 882. The van der Waals surface area contributed by atoms with Gasteiger partial charge < -0.3 is 10.1 Å². The number of ether oxygens (including phenoxy) is 1. The van der Waals surface area contributed by atoms with Crippen molar-refractivity contribution < 1.29 is 9.53 Å². The third-order valence-corrected chi connectivity index (χ3v) is 3.87. The lowest BCUT2D eigenvalue weighted by Gasteiger charge is -2.13. The summed E-state index contributed by atoms with van der Waals surface area (Å²) in [6.07, 6.45) is 1.66. The summed E-state index contributed by atoms with van der Waals surface area (Å²) in [4.78, 5) is 16.8. The van der Waals surface area contributed by atoms with E-state index in [1.165, 1.54) is 5.56 Å². The van der Waals surface area contributed by atoms with Gasteiger partial charge in [-0.15, -0.1) is 0 Å². The molecule has 3 aromatic rings. The van der Waals surface area contributed by atoms with Gasteiger partial charge in [-0.2, -0.15) is 0 Å². The lowest BCUT2D eigenvalue weighted by Crippen LogP contribution is -2.14. The summed E-state index contributed by atoms with van der Waals surface area (Å²) >= 11 is 0. The van der Waals surface area contributed by atoms with Gasteiger partial charge in [0.05, 0.1) is 0 Å². The molecule has 1 N–H and O–H groups in total. The highest BCUT2D eigenvalue weighted by Gasteiger charge is 2.11. The average molecular weight is 332 g/mol. The Morgan fingerprint density at radius 2 is 1.72 bits per heavy atom. The van der Waals surface area contributed by atoms with E-state index in [1.54, 1.807) is 36.5 Å². The summed E-state index contributed by atoms with van der Waals surface area (Å²) in [5.74, 6) is 0.899. The third kappa shape index (κ3) is 4.04. The van der Waals surface area contributed by atoms with Crippen molar-refractivity contribution in [2.45, 2.75) is 20.8 Å². The second-order valence-corrected chi connectivity index (χ2v) is 6.03. The fourth-order valence-electron chi connectivity index (χ4n) is 2.79. The van der Waals surface area contributed by atoms with Gasteiger partial charge in [-0.25, -0.2) is 4.98 Å². The van der Waals surface area contributed by atoms with E-state index >= 15 is 0 Å². The molecule has 0 atom stereocenters. The molecule has 0 aliphatic heterocycles. The number of hydrogen-bond acceptors (Lipinski definition) is 3. The topological polar surface area (TPSA) is 51.2 Å². The zero-order valence-corrected chi connectivity index (χ0v) is 14.5. The van der Waals surface area contributed by atoms with Crippen molar-refractivity contribution in [3.63, 3.8) is 0 Å². The molecule has 25 heavy (non-hydrogen) atoms. The maximum atomic E-state index is 12.6. The Morgan fingerprint density at radius 3 is 2.40 bits per heavy atom. The molecule has 0 unspecified atom stereocenters. The van der Waals surface area contributed by atoms with Crippen LogP contribution < -0.4 is 10.1 Å². The van der Waals surface area contributed by atoms with Crippen molar-refractivity contribution in [3.05, 3.63) is 83.0 Å². The molecule has 1 amide bonds. The number of nitrogens with one attached hydrogen (secondary N) is 1. The third-order valence-electron chi connectivity index (χ3n) is 3.87. The number of carbonyl (C=O) groups is 1. The summed E-state index contributed by atoms with van der Waals surface area (Å²) in [6, 6.07) is 16.6. The lowest BCUT2D eigenvalue weighted by molar-refractivity contribution is 0.102. The van der Waals surface area contributed by atoms with Crippen LogP contribution in [0.5, 0.6) is 11.6 Å². The van der Waals surface area contributed by atoms with Crippen LogP contribution in [0.25, 0.3) is 0 Å². The fraction of sp³-hybridized carbons (Fsp3) is 0.143. The van der Waals surface area contributed by atoms with Crippen LogP contribution in [0.2, 0.25) is 0 Å². The summed E-state index contributed by atoms with van der Waals surface area (Å²) < 4.78 is 5.69. The first kappa shape index (κ1) is 16.7. The van der Waals surface area contributed by atoms with Crippen LogP contribution in [-0.4, -0.2) is 10.9 Å². The zero-order valence-electron chi connectivity index (χ0n) is 14.5. The summed E-state index contributed by atoms with van der Waals surface area (Å²) in [7, 11) is 0. The average Bonchev–Trinajstić information content (AvgIpc) is 2.59. The minimum absolute atomic E-state index is 0.165. The monoisotopic (exact) mass is 332 g/mol. The number of anilines is 1. The summed E-state index contributed by atoms with van der Waals surface area (Å²) in [5.41, 5.74) is 4.66. The van der Waals surface area contributed by atoms with Gasteiger partial charge >= 0.3 is 0 Å². The van der Waals surface area contributed by atoms with Crippen molar-refractivity contribution in [1.29, 1.82) is 0 Å². The van der Waals surface area contributed by atoms with E-state index in [4.69, 9.17) is 4.74 Å². The van der Waals surface area contributed by atoms with Crippen molar-refractivity contribution in [3.8, 4) is 11.6 Å². The Hall–Kier alpha value is -3.14. The number of benzene rings is 2. The number of hydrogen-bond donors (Lipinski definition) is 1. The number of rotatable bonds is 4. The number of nitrogens with zero attached hydrogens (tertiary/aromatic N) is 1. The molecule has 0 saturated carbocycles. The summed E-state index contributed by atoms with van der Waals surface area (Å²) in [6.45, 7) is 6.04. The van der Waals surface area contributed by atoms with Gasteiger partial charge in [0, 0.05) is 23.5 Å². The Morgan fingerprint density at radius 1 is 0.960 bits per heavy atom. The molecule has 126 valence electrons. The highest BCUT2D eigenvalue weighted by Crippen LogP contribution is 2.24. The molecule has 1 aromatic heterocycles. The fourth-order valence-corrected chi connectivity index (χ4v) is 2.79. The molecule has 3 rings (SSSR count). The molecular formula is C21H20N2O2. The molecule has 4 nitrogen and oxygen atoms in total. The van der Waals surface area contributed by atoms with Gasteiger partial charge in [-0.1, -0.05) is 29.8 Å². The number of aryl methyl sites for hydroxylation is 3. The molecule has 0 aliphatic carbocycles. The maximum Gasteiger partial charge on any atom is 0.255 e. The standard InChI is InChI=1S/C21H20N2O2/c1-14-11-15(2)20(16(3)12-14)23-21(24)17-7-6-8-18(13-17)25-19-9-4-5-10-22-19/h4-13H,1-3H3,(H,23,24). The van der Waals surface area contributed by atoms with E-state index in [0.717, 1.165) is 16.8 Å². The number of amides is 1. The first-order valence-electron chi connectivity index (χ1n) is 8.11. The molecule has 2 aromatic carbocycles. The van der Waals surface area contributed by atoms with Crippen LogP contribution in [0.15, 0.2) is 60.8 Å². The second-order valence-electron chi connectivity index (χ2n) is 6.03. The first-order chi connectivity index (χ1) is 12.0. The highest BCUT2D eigenvalue weighted by molar-refractivity contribution is 6.05. The summed E-state index contributed by atoms with van der Waals surface area (Å²) in [5, 5.41) is 3.00. The second kappa shape index (κ2) is 7.18. The number of pyridine rings is 1. The van der Waals surface area contributed by atoms with Crippen molar-refractivity contribution >= 4 is 11.6 Å².